The van der Waals surface area contributed by atoms with Crippen LogP contribution in [0.15, 0.2) is 11.4 Å². The minimum Gasteiger partial charge on any atom is -0.323 e. The normalized spacial score (nSPS) is 11.4. The number of rotatable bonds is 2. The highest BCUT2D eigenvalue weighted by Crippen LogP contribution is 2.29. The summed E-state index contributed by atoms with van der Waals surface area (Å²) in [5, 5.41) is 4.56. The van der Waals surface area contributed by atoms with Crippen molar-refractivity contribution in [2.45, 2.75) is 18.2 Å². The SMILES string of the molecule is CC(C)(Br)C(=O)Nc1ccsc1Cl. The summed E-state index contributed by atoms with van der Waals surface area (Å²) in [6.07, 6.45) is 0. The minimum absolute atomic E-state index is 0.104. The number of hydrogen-bond acceptors (Lipinski definition) is 2. The summed E-state index contributed by atoms with van der Waals surface area (Å²) >= 11 is 10.5. The summed E-state index contributed by atoms with van der Waals surface area (Å²) in [5.41, 5.74) is 0.671. The zero-order chi connectivity index (χ0) is 10.1. The van der Waals surface area contributed by atoms with Crippen LogP contribution in [-0.2, 0) is 4.79 Å². The predicted molar refractivity (Wildman–Crippen MR) is 61.0 cm³/mol. The molecule has 72 valence electrons. The van der Waals surface area contributed by atoms with Gasteiger partial charge in [-0.05, 0) is 25.3 Å². The Hall–Kier alpha value is -0.0600. The van der Waals surface area contributed by atoms with Crippen molar-refractivity contribution in [3.8, 4) is 0 Å². The van der Waals surface area contributed by atoms with E-state index in [0.717, 1.165) is 0 Å². The molecule has 0 fully saturated rings. The van der Waals surface area contributed by atoms with Crippen LogP contribution in [0.5, 0.6) is 0 Å². The molecule has 1 aromatic heterocycles. The smallest absolute Gasteiger partial charge is 0.240 e. The second-order valence-electron chi connectivity index (χ2n) is 3.03. The van der Waals surface area contributed by atoms with E-state index in [4.69, 9.17) is 11.6 Å². The lowest BCUT2D eigenvalue weighted by molar-refractivity contribution is -0.117. The van der Waals surface area contributed by atoms with Crippen LogP contribution in [0.3, 0.4) is 0 Å². The second-order valence-corrected chi connectivity index (χ2v) is 6.54. The Balaban J connectivity index is 2.71. The van der Waals surface area contributed by atoms with Crippen LogP contribution in [0.25, 0.3) is 0 Å². The molecule has 0 spiro atoms. The summed E-state index contributed by atoms with van der Waals surface area (Å²) in [5.74, 6) is -0.104. The first-order chi connectivity index (χ1) is 5.91. The lowest BCUT2D eigenvalue weighted by Gasteiger charge is -2.15. The van der Waals surface area contributed by atoms with Gasteiger partial charge in [-0.25, -0.2) is 0 Å². The van der Waals surface area contributed by atoms with Crippen molar-refractivity contribution in [3.05, 3.63) is 15.8 Å². The third-order valence-electron chi connectivity index (χ3n) is 1.41. The lowest BCUT2D eigenvalue weighted by Crippen LogP contribution is -2.30. The first-order valence-electron chi connectivity index (χ1n) is 3.64. The van der Waals surface area contributed by atoms with Crippen LogP contribution >= 0.6 is 38.9 Å². The molecule has 1 rings (SSSR count). The summed E-state index contributed by atoms with van der Waals surface area (Å²) < 4.78 is 0.0308. The molecular weight excluding hydrogens is 274 g/mol. The number of carbonyl (C=O) groups excluding carboxylic acids is 1. The Morgan fingerprint density at radius 2 is 2.31 bits per heavy atom. The van der Waals surface area contributed by atoms with Crippen molar-refractivity contribution < 1.29 is 4.79 Å². The van der Waals surface area contributed by atoms with Gasteiger partial charge in [-0.2, -0.15) is 0 Å². The monoisotopic (exact) mass is 281 g/mol. The first-order valence-corrected chi connectivity index (χ1v) is 5.69. The van der Waals surface area contributed by atoms with Gasteiger partial charge in [0.05, 0.1) is 10.0 Å². The number of nitrogens with one attached hydrogen (secondary N) is 1. The molecule has 1 heterocycles. The van der Waals surface area contributed by atoms with Crippen molar-refractivity contribution in [3.63, 3.8) is 0 Å². The summed E-state index contributed by atoms with van der Waals surface area (Å²) in [6.45, 7) is 3.56. The van der Waals surface area contributed by atoms with Gasteiger partial charge < -0.3 is 5.32 Å². The van der Waals surface area contributed by atoms with E-state index in [1.807, 2.05) is 5.38 Å². The van der Waals surface area contributed by atoms with Crippen molar-refractivity contribution in [1.82, 2.24) is 0 Å². The molecule has 2 nitrogen and oxygen atoms in total. The molecule has 0 unspecified atom stereocenters. The number of carbonyl (C=O) groups is 1. The molecule has 0 atom stereocenters. The van der Waals surface area contributed by atoms with E-state index in [0.29, 0.717) is 10.0 Å². The number of thiophene rings is 1. The zero-order valence-corrected chi connectivity index (χ0v) is 10.4. The average molecular weight is 283 g/mol. The molecule has 0 bridgehead atoms. The highest BCUT2D eigenvalue weighted by Gasteiger charge is 2.24. The predicted octanol–water partition coefficient (Wildman–Crippen LogP) is 3.51. The molecule has 5 heteroatoms. The van der Waals surface area contributed by atoms with Gasteiger partial charge in [-0.15, -0.1) is 11.3 Å². The maximum absolute atomic E-state index is 11.5. The molecule has 1 N–H and O–H groups in total. The highest BCUT2D eigenvalue weighted by atomic mass is 79.9. The maximum atomic E-state index is 11.5. The molecule has 0 aliphatic carbocycles. The molecule has 1 amide bonds. The first kappa shape index (κ1) is 11.0. The summed E-state index contributed by atoms with van der Waals surface area (Å²) in [6, 6.07) is 1.78. The molecular formula is C8H9BrClNOS. The van der Waals surface area contributed by atoms with Crippen LogP contribution in [0, 0.1) is 0 Å². The van der Waals surface area contributed by atoms with Crippen LogP contribution in [-0.4, -0.2) is 10.2 Å². The molecule has 0 aromatic carbocycles. The summed E-state index contributed by atoms with van der Waals surface area (Å²) in [4.78, 5) is 11.5. The van der Waals surface area contributed by atoms with Gasteiger partial charge in [0.2, 0.25) is 5.91 Å². The highest BCUT2D eigenvalue weighted by molar-refractivity contribution is 9.10. The van der Waals surface area contributed by atoms with E-state index < -0.39 is 4.32 Å². The Bertz CT molecular complexity index is 318. The lowest BCUT2D eigenvalue weighted by atomic mass is 10.2. The Kier molecular flexibility index (Phi) is 3.38. The second kappa shape index (κ2) is 3.98. The number of alkyl halides is 1. The van der Waals surface area contributed by atoms with Crippen molar-refractivity contribution >= 4 is 50.5 Å². The number of hydrogen-bond donors (Lipinski definition) is 1. The van der Waals surface area contributed by atoms with E-state index in [9.17, 15) is 4.79 Å². The van der Waals surface area contributed by atoms with Crippen LogP contribution in [0.2, 0.25) is 4.34 Å². The van der Waals surface area contributed by atoms with Gasteiger partial charge in [0, 0.05) is 0 Å². The van der Waals surface area contributed by atoms with Gasteiger partial charge in [0.25, 0.3) is 0 Å². The van der Waals surface area contributed by atoms with Gasteiger partial charge in [0.15, 0.2) is 0 Å². The molecule has 1 aromatic rings. The standard InChI is InChI=1S/C8H9BrClNOS/c1-8(2,9)7(12)11-5-3-4-13-6(5)10/h3-4H,1-2H3,(H,11,12). The fourth-order valence-electron chi connectivity index (χ4n) is 0.653. The summed E-state index contributed by atoms with van der Waals surface area (Å²) in [7, 11) is 0. The third kappa shape index (κ3) is 2.97. The molecule has 0 aliphatic heterocycles. The van der Waals surface area contributed by atoms with Crippen LogP contribution in [0.1, 0.15) is 13.8 Å². The number of amides is 1. The molecule has 0 radical (unpaired) electrons. The van der Waals surface area contributed by atoms with Crippen LogP contribution < -0.4 is 5.32 Å². The van der Waals surface area contributed by atoms with E-state index in [1.54, 1.807) is 19.9 Å². The van der Waals surface area contributed by atoms with Gasteiger partial charge in [-0.3, -0.25) is 4.79 Å². The van der Waals surface area contributed by atoms with Gasteiger partial charge >= 0.3 is 0 Å². The quantitative estimate of drug-likeness (QED) is 0.826. The zero-order valence-electron chi connectivity index (χ0n) is 7.23. The van der Waals surface area contributed by atoms with Crippen molar-refractivity contribution in [1.29, 1.82) is 0 Å². The fraction of sp³-hybridized carbons (Fsp3) is 0.375. The molecule has 0 saturated carbocycles. The van der Waals surface area contributed by atoms with Gasteiger partial charge in [-0.1, -0.05) is 27.5 Å². The Morgan fingerprint density at radius 1 is 1.69 bits per heavy atom. The molecule has 0 aliphatic rings. The Labute approximate surface area is 94.4 Å². The minimum atomic E-state index is -0.571. The third-order valence-corrected chi connectivity index (χ3v) is 2.94. The largest absolute Gasteiger partial charge is 0.323 e. The van der Waals surface area contributed by atoms with Crippen molar-refractivity contribution in [2.24, 2.45) is 0 Å². The average Bonchev–Trinajstić information content (AvgIpc) is 2.34. The van der Waals surface area contributed by atoms with E-state index in [2.05, 4.69) is 21.2 Å². The van der Waals surface area contributed by atoms with E-state index in [1.165, 1.54) is 11.3 Å². The number of anilines is 1. The molecule has 13 heavy (non-hydrogen) atoms. The number of halogens is 2. The van der Waals surface area contributed by atoms with Crippen molar-refractivity contribution in [2.75, 3.05) is 5.32 Å². The van der Waals surface area contributed by atoms with E-state index in [-0.39, 0.29) is 5.91 Å². The molecule has 0 saturated heterocycles. The Morgan fingerprint density at radius 3 is 2.69 bits per heavy atom. The van der Waals surface area contributed by atoms with E-state index >= 15 is 0 Å². The maximum Gasteiger partial charge on any atom is 0.240 e. The van der Waals surface area contributed by atoms with Gasteiger partial charge in [0.1, 0.15) is 4.34 Å². The fourth-order valence-corrected chi connectivity index (χ4v) is 1.59. The topological polar surface area (TPSA) is 29.1 Å². The van der Waals surface area contributed by atoms with Crippen LogP contribution in [0.4, 0.5) is 5.69 Å².